The van der Waals surface area contributed by atoms with Gasteiger partial charge in [0.1, 0.15) is 0 Å². The molecule has 0 radical (unpaired) electrons. The molecule has 0 aliphatic rings. The van der Waals surface area contributed by atoms with Crippen molar-refractivity contribution >= 4 is 37.8 Å². The molecule has 7 aromatic rings. The third-order valence-electron chi connectivity index (χ3n) is 8.20. The summed E-state index contributed by atoms with van der Waals surface area (Å²) in [7, 11) is 0. The van der Waals surface area contributed by atoms with Crippen LogP contribution in [0.3, 0.4) is 0 Å². The van der Waals surface area contributed by atoms with E-state index >= 15 is 0 Å². The Labute approximate surface area is 303 Å². The van der Waals surface area contributed by atoms with Crippen LogP contribution in [0.5, 0.6) is 0 Å². The van der Waals surface area contributed by atoms with Crippen molar-refractivity contribution in [3.8, 4) is 22.3 Å². The zero-order chi connectivity index (χ0) is 31.4. The Hall–Kier alpha value is -2.74. The van der Waals surface area contributed by atoms with Crippen LogP contribution in [0.2, 0.25) is 13.1 Å². The van der Waals surface area contributed by atoms with Gasteiger partial charge in [0.15, 0.2) is 0 Å². The van der Waals surface area contributed by atoms with Gasteiger partial charge in [-0.25, -0.2) is 0 Å². The molecule has 0 saturated carbocycles. The van der Waals surface area contributed by atoms with Crippen molar-refractivity contribution < 1.29 is 48.1 Å². The first-order chi connectivity index (χ1) is 21.1. The molecule has 0 heterocycles. The largest absolute Gasteiger partial charge is 1.00 e. The molecule has 234 valence electrons. The van der Waals surface area contributed by atoms with Gasteiger partial charge in [0, 0.05) is 0 Å². The maximum atomic E-state index is 2.36. The van der Waals surface area contributed by atoms with Crippen LogP contribution in [0.1, 0.15) is 42.0 Å². The quantitative estimate of drug-likeness (QED) is 0.145. The van der Waals surface area contributed by atoms with Crippen molar-refractivity contribution in [2.45, 2.75) is 53.6 Å². The molecule has 0 bridgehead atoms. The van der Waals surface area contributed by atoms with Gasteiger partial charge in [-0.05, 0) is 40.3 Å². The van der Waals surface area contributed by atoms with Gasteiger partial charge in [-0.2, -0.15) is 12.1 Å². The SMILES string of the molecule is CC(C)c1cc2c(-c3cccc4ccccc34)cccc2[cH-]1.C[Si](C)=[Zr+2].Cc1cc2c(-c3ccccc3C)ccc(C)c2[cH-]1.[Cl-].[Cl-]. The Balaban J connectivity index is 0.000000219. The van der Waals surface area contributed by atoms with E-state index in [9.17, 15) is 0 Å². The molecule has 0 unspecified atom stereocenters. The van der Waals surface area contributed by atoms with Crippen molar-refractivity contribution in [2.24, 2.45) is 0 Å². The normalized spacial score (nSPS) is 10.5. The van der Waals surface area contributed by atoms with Crippen LogP contribution < -0.4 is 24.8 Å². The Kier molecular flexibility index (Phi) is 13.9. The summed E-state index contributed by atoms with van der Waals surface area (Å²) in [5, 5.41) is 8.09. The second-order valence-electron chi connectivity index (χ2n) is 12.4. The van der Waals surface area contributed by atoms with Crippen LogP contribution in [-0.2, 0) is 23.3 Å². The molecule has 0 saturated heterocycles. The zero-order valence-electron chi connectivity index (χ0n) is 27.9. The van der Waals surface area contributed by atoms with Crippen LogP contribution in [0.4, 0.5) is 0 Å². The fourth-order valence-electron chi connectivity index (χ4n) is 5.99. The molecule has 0 amide bonds. The third kappa shape index (κ3) is 8.59. The van der Waals surface area contributed by atoms with E-state index in [0.29, 0.717) is 5.92 Å². The number of hydrogen-bond acceptors (Lipinski definition) is 0. The smallest absolute Gasteiger partial charge is 0.0250 e. The Morgan fingerprint density at radius 3 is 1.83 bits per heavy atom. The van der Waals surface area contributed by atoms with Crippen molar-refractivity contribution in [3.05, 3.63) is 144 Å². The molecule has 7 rings (SSSR count). The van der Waals surface area contributed by atoms with Crippen LogP contribution >= 0.6 is 0 Å². The number of benzene rings is 5. The Morgan fingerprint density at radius 2 is 1.13 bits per heavy atom. The third-order valence-corrected chi connectivity index (χ3v) is 8.20. The fraction of sp³-hybridized carbons (Fsp3) is 0.190. The molecule has 0 aliphatic heterocycles. The van der Waals surface area contributed by atoms with Crippen LogP contribution in [0, 0.1) is 20.8 Å². The average Bonchev–Trinajstić information content (AvgIpc) is 3.62. The Morgan fingerprint density at radius 1 is 0.565 bits per heavy atom. The van der Waals surface area contributed by atoms with Gasteiger partial charge in [0.2, 0.25) is 0 Å². The van der Waals surface area contributed by atoms with Gasteiger partial charge in [0.05, 0.1) is 0 Å². The number of halogens is 2. The molecule has 0 nitrogen and oxygen atoms in total. The zero-order valence-corrected chi connectivity index (χ0v) is 32.9. The Bertz CT molecular complexity index is 2070. The second-order valence-corrected chi connectivity index (χ2v) is 21.8. The molecule has 0 atom stereocenters. The molecule has 4 heteroatoms. The molecule has 0 N–H and O–H groups in total. The first kappa shape index (κ1) is 37.7. The first-order valence-electron chi connectivity index (χ1n) is 15.6. The minimum Gasteiger partial charge on any atom is -1.00 e. The predicted molar refractivity (Wildman–Crippen MR) is 193 cm³/mol. The van der Waals surface area contributed by atoms with E-state index in [0.717, 1.165) is 0 Å². The van der Waals surface area contributed by atoms with Crippen LogP contribution in [0.25, 0.3) is 54.6 Å². The van der Waals surface area contributed by atoms with Gasteiger partial charge < -0.3 is 24.8 Å². The molecular formula is C42H42Cl2SiZr-2. The summed E-state index contributed by atoms with van der Waals surface area (Å²) in [5.74, 6) is 0.563. The van der Waals surface area contributed by atoms with Gasteiger partial charge in [-0.1, -0.05) is 118 Å². The van der Waals surface area contributed by atoms with E-state index in [1.165, 1.54) is 76.8 Å². The minimum absolute atomic E-state index is 0. The maximum absolute atomic E-state index is 2.36. The summed E-state index contributed by atoms with van der Waals surface area (Å²) in [6, 6.07) is 44.2. The molecular weight excluding hydrogens is 695 g/mol. The molecule has 0 fully saturated rings. The number of fused-ring (bicyclic) bond motifs is 3. The fourth-order valence-corrected chi connectivity index (χ4v) is 5.99. The van der Waals surface area contributed by atoms with E-state index in [4.69, 9.17) is 0 Å². The first-order valence-corrected chi connectivity index (χ1v) is 21.7. The topological polar surface area (TPSA) is 0 Å². The molecule has 46 heavy (non-hydrogen) atoms. The average molecular weight is 737 g/mol. The van der Waals surface area contributed by atoms with Gasteiger partial charge in [0.25, 0.3) is 0 Å². The van der Waals surface area contributed by atoms with Crippen molar-refractivity contribution in [2.75, 3.05) is 0 Å². The van der Waals surface area contributed by atoms with E-state index in [1.807, 2.05) is 0 Å². The standard InChI is InChI=1S/C22H19.C18H17.C2H6Si.2ClH.Zr/c1-15(2)18-13-17-9-6-12-21(22(17)14-18)20-11-5-8-16-7-3-4-10-19(16)20;1-12-10-17-14(3)8-9-16(18(17)11-12)15-7-5-4-6-13(15)2;1-3-2;;;/h3-15H,1-2H3;4-11H,1-3H3;1-2H3;2*1H;/q2*-1;;;;+2/p-2. The maximum Gasteiger partial charge on any atom is -0.0250 e. The van der Waals surface area contributed by atoms with Gasteiger partial charge in [-0.15, -0.1) is 68.6 Å². The molecule has 0 aliphatic carbocycles. The van der Waals surface area contributed by atoms with E-state index in [1.54, 1.807) is 23.3 Å². The van der Waals surface area contributed by atoms with E-state index in [2.05, 4.69) is 169 Å². The van der Waals surface area contributed by atoms with E-state index < -0.39 is 0 Å². The summed E-state index contributed by atoms with van der Waals surface area (Å²) in [4.78, 5) is 0. The molecule has 7 aromatic carbocycles. The summed E-state index contributed by atoms with van der Waals surface area (Å²) in [6.07, 6.45) is 0. The molecule has 0 aromatic heterocycles. The van der Waals surface area contributed by atoms with Crippen molar-refractivity contribution in [1.82, 2.24) is 0 Å². The predicted octanol–water partition coefficient (Wildman–Crippen LogP) is 6.45. The second kappa shape index (κ2) is 16.9. The van der Waals surface area contributed by atoms with E-state index in [-0.39, 0.29) is 30.2 Å². The number of hydrogen-bond donors (Lipinski definition) is 0. The van der Waals surface area contributed by atoms with Crippen LogP contribution in [0.15, 0.2) is 121 Å². The minimum atomic E-state index is 0. The summed E-state index contributed by atoms with van der Waals surface area (Å²) in [6.45, 7) is 15.7. The van der Waals surface area contributed by atoms with Crippen molar-refractivity contribution in [1.29, 1.82) is 0 Å². The summed E-state index contributed by atoms with van der Waals surface area (Å²) < 4.78 is 0. The monoisotopic (exact) mass is 734 g/mol. The molecule has 0 spiro atoms. The summed E-state index contributed by atoms with van der Waals surface area (Å²) >= 11 is 1.74. The number of aryl methyl sites for hydroxylation is 3. The van der Waals surface area contributed by atoms with Gasteiger partial charge in [-0.3, -0.25) is 0 Å². The van der Waals surface area contributed by atoms with Gasteiger partial charge >= 0.3 is 41.9 Å². The number of rotatable bonds is 3. The van der Waals surface area contributed by atoms with Crippen LogP contribution in [-0.4, -0.2) is 5.43 Å². The van der Waals surface area contributed by atoms with Crippen molar-refractivity contribution in [3.63, 3.8) is 0 Å². The summed E-state index contributed by atoms with van der Waals surface area (Å²) in [5.41, 5.74) is 11.0.